The minimum Gasteiger partial charge on any atom is -0.324 e. The molecule has 1 spiro atoms. The molecule has 3 aromatic rings. The Labute approximate surface area is 188 Å². The van der Waals surface area contributed by atoms with Gasteiger partial charge in [0, 0.05) is 35.8 Å². The first kappa shape index (κ1) is 20.2. The maximum absolute atomic E-state index is 13.6. The third kappa shape index (κ3) is 2.75. The summed E-state index contributed by atoms with van der Waals surface area (Å²) in [5.41, 5.74) is 2.05. The van der Waals surface area contributed by atoms with Gasteiger partial charge in [0.2, 0.25) is 5.91 Å². The van der Waals surface area contributed by atoms with Gasteiger partial charge in [-0.2, -0.15) is 0 Å². The van der Waals surface area contributed by atoms with Gasteiger partial charge in [0.15, 0.2) is 11.5 Å². The molecule has 1 saturated carbocycles. The van der Waals surface area contributed by atoms with Crippen molar-refractivity contribution < 1.29 is 18.4 Å². The maximum Gasteiger partial charge on any atom is 0.295 e. The van der Waals surface area contributed by atoms with E-state index in [1.807, 2.05) is 6.07 Å². The van der Waals surface area contributed by atoms with Crippen molar-refractivity contribution >= 4 is 28.7 Å². The van der Waals surface area contributed by atoms with Crippen LogP contribution in [0.3, 0.4) is 0 Å². The first-order chi connectivity index (χ1) is 16.0. The van der Waals surface area contributed by atoms with Gasteiger partial charge in [-0.15, -0.1) is 0 Å². The third-order valence-corrected chi connectivity index (χ3v) is 7.01. The van der Waals surface area contributed by atoms with Gasteiger partial charge in [-0.1, -0.05) is 6.07 Å². The SMILES string of the molecule is CCn1c(C(F)F)nc2c(-c3ccc4c(c3)[C@]3(CCCN3C(=O)C3CC3)C(=O)N4)ncnc21. The second kappa shape index (κ2) is 7.03. The molecule has 33 heavy (non-hydrogen) atoms. The normalized spacial score (nSPS) is 21.9. The second-order valence-corrected chi connectivity index (χ2v) is 8.85. The van der Waals surface area contributed by atoms with E-state index in [9.17, 15) is 18.4 Å². The molecule has 0 bridgehead atoms. The lowest BCUT2D eigenvalue weighted by Gasteiger charge is -2.33. The van der Waals surface area contributed by atoms with Gasteiger partial charge >= 0.3 is 0 Å². The predicted molar refractivity (Wildman–Crippen MR) is 115 cm³/mol. The van der Waals surface area contributed by atoms with E-state index in [-0.39, 0.29) is 23.6 Å². The number of aromatic nitrogens is 4. The summed E-state index contributed by atoms with van der Waals surface area (Å²) in [6.07, 6.45) is 1.62. The molecule has 2 aromatic heterocycles. The van der Waals surface area contributed by atoms with Crippen molar-refractivity contribution in [3.63, 3.8) is 0 Å². The molecule has 6 rings (SSSR count). The van der Waals surface area contributed by atoms with Crippen molar-refractivity contribution in [2.24, 2.45) is 5.92 Å². The summed E-state index contributed by atoms with van der Waals surface area (Å²) >= 11 is 0. The van der Waals surface area contributed by atoms with Gasteiger partial charge < -0.3 is 14.8 Å². The van der Waals surface area contributed by atoms with Gasteiger partial charge in [-0.25, -0.2) is 23.7 Å². The van der Waals surface area contributed by atoms with Crippen LogP contribution in [0, 0.1) is 5.92 Å². The van der Waals surface area contributed by atoms with Crippen LogP contribution in [0.1, 0.15) is 50.4 Å². The summed E-state index contributed by atoms with van der Waals surface area (Å²) < 4.78 is 28.6. The van der Waals surface area contributed by atoms with Crippen LogP contribution in [-0.4, -0.2) is 42.8 Å². The molecule has 3 aliphatic rings. The number of rotatable bonds is 4. The number of alkyl halides is 2. The van der Waals surface area contributed by atoms with Crippen molar-refractivity contribution in [2.45, 2.75) is 51.1 Å². The lowest BCUT2D eigenvalue weighted by atomic mass is 9.86. The zero-order chi connectivity index (χ0) is 22.9. The Balaban J connectivity index is 1.51. The Kier molecular flexibility index (Phi) is 4.30. The zero-order valence-electron chi connectivity index (χ0n) is 18.0. The van der Waals surface area contributed by atoms with Gasteiger partial charge in [0.1, 0.15) is 23.1 Å². The number of hydrogen-bond acceptors (Lipinski definition) is 5. The quantitative estimate of drug-likeness (QED) is 0.653. The fraction of sp³-hybridized carbons (Fsp3) is 0.435. The molecule has 170 valence electrons. The molecule has 2 amide bonds. The number of imidazole rings is 1. The van der Waals surface area contributed by atoms with Crippen LogP contribution in [0.15, 0.2) is 24.5 Å². The summed E-state index contributed by atoms with van der Waals surface area (Å²) in [5.74, 6) is -0.495. The topological polar surface area (TPSA) is 93.0 Å². The summed E-state index contributed by atoms with van der Waals surface area (Å²) in [4.78, 5) is 40.7. The highest BCUT2D eigenvalue weighted by Crippen LogP contribution is 2.50. The minimum atomic E-state index is -2.74. The number of halogens is 2. The highest BCUT2D eigenvalue weighted by atomic mass is 19.3. The van der Waals surface area contributed by atoms with Crippen LogP contribution in [0.2, 0.25) is 0 Å². The lowest BCUT2D eigenvalue weighted by Crippen LogP contribution is -2.50. The molecule has 1 saturated heterocycles. The molecular formula is C23H22F2N6O2. The van der Waals surface area contributed by atoms with Gasteiger partial charge in [0.25, 0.3) is 12.3 Å². The van der Waals surface area contributed by atoms with Gasteiger partial charge in [-0.3, -0.25) is 9.59 Å². The van der Waals surface area contributed by atoms with Gasteiger partial charge in [0.05, 0.1) is 0 Å². The fourth-order valence-electron chi connectivity index (χ4n) is 5.32. The summed E-state index contributed by atoms with van der Waals surface area (Å²) in [6, 6.07) is 5.42. The van der Waals surface area contributed by atoms with Crippen molar-refractivity contribution in [3.8, 4) is 11.3 Å². The number of hydrogen-bond donors (Lipinski definition) is 1. The zero-order valence-corrected chi connectivity index (χ0v) is 18.0. The third-order valence-electron chi connectivity index (χ3n) is 7.01. The van der Waals surface area contributed by atoms with Crippen LogP contribution in [0.5, 0.6) is 0 Å². The molecule has 8 nitrogen and oxygen atoms in total. The number of anilines is 1. The number of nitrogens with one attached hydrogen (secondary N) is 1. The second-order valence-electron chi connectivity index (χ2n) is 8.85. The number of likely N-dealkylation sites (tertiary alicyclic amines) is 1. The number of benzene rings is 1. The molecule has 2 fully saturated rings. The molecular weight excluding hydrogens is 430 g/mol. The number of nitrogens with zero attached hydrogens (tertiary/aromatic N) is 5. The predicted octanol–water partition coefficient (Wildman–Crippen LogP) is 3.63. The number of carbonyl (C=O) groups excluding carboxylic acids is 2. The van der Waals surface area contributed by atoms with E-state index in [2.05, 4.69) is 20.3 Å². The lowest BCUT2D eigenvalue weighted by molar-refractivity contribution is -0.143. The van der Waals surface area contributed by atoms with E-state index >= 15 is 0 Å². The number of fused-ring (bicyclic) bond motifs is 3. The van der Waals surface area contributed by atoms with E-state index in [0.717, 1.165) is 24.8 Å². The van der Waals surface area contributed by atoms with E-state index < -0.39 is 12.0 Å². The molecule has 1 aromatic carbocycles. The molecule has 1 aliphatic carbocycles. The summed E-state index contributed by atoms with van der Waals surface area (Å²) in [5, 5.41) is 2.94. The monoisotopic (exact) mass is 452 g/mol. The first-order valence-corrected chi connectivity index (χ1v) is 11.2. The molecule has 10 heteroatoms. The summed E-state index contributed by atoms with van der Waals surface area (Å²) in [7, 11) is 0. The highest BCUT2D eigenvalue weighted by molar-refractivity contribution is 6.09. The van der Waals surface area contributed by atoms with Crippen LogP contribution in [-0.2, 0) is 21.7 Å². The molecule has 2 aliphatic heterocycles. The van der Waals surface area contributed by atoms with Crippen LogP contribution in [0.4, 0.5) is 14.5 Å². The van der Waals surface area contributed by atoms with E-state index in [1.165, 1.54) is 10.9 Å². The molecule has 0 radical (unpaired) electrons. The Morgan fingerprint density at radius 2 is 2.12 bits per heavy atom. The Hall–Kier alpha value is -3.43. The average Bonchev–Trinajstić information content (AvgIpc) is 3.35. The van der Waals surface area contributed by atoms with Gasteiger partial charge in [-0.05, 0) is 44.7 Å². The smallest absolute Gasteiger partial charge is 0.295 e. The molecule has 4 heterocycles. The number of amides is 2. The standard InChI is InChI=1S/C23H22F2N6O2/c1-2-30-19-17(29-20(30)18(24)25)16(26-11-27-19)13-6-7-15-14(10-13)23(22(33)28-15)8-3-9-31(23)21(32)12-4-5-12/h6-7,10-12,18H,2-5,8-9H2,1H3,(H,28,33)/t23-/m1/s1. The van der Waals surface area contributed by atoms with E-state index in [0.29, 0.717) is 47.6 Å². The van der Waals surface area contributed by atoms with E-state index in [4.69, 9.17) is 0 Å². The van der Waals surface area contributed by atoms with Crippen LogP contribution >= 0.6 is 0 Å². The van der Waals surface area contributed by atoms with Crippen molar-refractivity contribution in [1.82, 2.24) is 24.4 Å². The van der Waals surface area contributed by atoms with Crippen LogP contribution in [0.25, 0.3) is 22.4 Å². The van der Waals surface area contributed by atoms with E-state index in [1.54, 1.807) is 24.0 Å². The number of aryl methyl sites for hydroxylation is 1. The highest BCUT2D eigenvalue weighted by Gasteiger charge is 2.57. The number of carbonyl (C=O) groups is 2. The van der Waals surface area contributed by atoms with Crippen LogP contribution < -0.4 is 5.32 Å². The Bertz CT molecular complexity index is 1320. The minimum absolute atomic E-state index is 0.00673. The molecule has 1 atom stereocenters. The Morgan fingerprint density at radius 1 is 1.30 bits per heavy atom. The summed E-state index contributed by atoms with van der Waals surface area (Å²) in [6.45, 7) is 2.61. The fourth-order valence-corrected chi connectivity index (χ4v) is 5.32. The van der Waals surface area contributed by atoms with Crippen molar-refractivity contribution in [1.29, 1.82) is 0 Å². The molecule has 1 N–H and O–H groups in total. The first-order valence-electron chi connectivity index (χ1n) is 11.2. The van der Waals surface area contributed by atoms with Crippen molar-refractivity contribution in [3.05, 3.63) is 35.9 Å². The Morgan fingerprint density at radius 3 is 2.85 bits per heavy atom. The molecule has 0 unspecified atom stereocenters. The average molecular weight is 452 g/mol. The largest absolute Gasteiger partial charge is 0.324 e. The van der Waals surface area contributed by atoms with Crippen molar-refractivity contribution in [2.75, 3.05) is 11.9 Å². The maximum atomic E-state index is 13.6.